The molecule has 0 aliphatic carbocycles. The fraction of sp³-hybridized carbons (Fsp3) is 0. The first-order chi connectivity index (χ1) is 4.39. The molecule has 0 atom stereocenters. The van der Waals surface area contributed by atoms with E-state index >= 15 is 0 Å². The Kier molecular flexibility index (Phi) is 12.1. The molecule has 0 aliphatic heterocycles. The molecule has 0 unspecified atom stereocenters. The van der Waals surface area contributed by atoms with Crippen molar-refractivity contribution in [3.63, 3.8) is 0 Å². The number of hydrogen-bond donors (Lipinski definition) is 0. The molecular weight excluding hydrogens is 155 g/mol. The van der Waals surface area contributed by atoms with E-state index in [1.54, 1.807) is 12.1 Å². The second-order valence-electron chi connectivity index (χ2n) is 1.31. The van der Waals surface area contributed by atoms with E-state index in [4.69, 9.17) is 4.79 Å². The van der Waals surface area contributed by atoms with Crippen molar-refractivity contribution < 1.29 is 61.3 Å². The predicted molar refractivity (Wildman–Crippen MR) is 33.0 cm³/mol. The molecule has 3 heteroatoms. The fourth-order valence-corrected chi connectivity index (χ4v) is 0.420. The van der Waals surface area contributed by atoms with Gasteiger partial charge in [-0.1, -0.05) is 30.3 Å². The Morgan fingerprint density at radius 1 is 1.10 bits per heavy atom. The van der Waals surface area contributed by atoms with E-state index in [1.165, 1.54) is 12.1 Å². The summed E-state index contributed by atoms with van der Waals surface area (Å²) in [6.45, 7) is 2.00. The van der Waals surface area contributed by atoms with Crippen LogP contribution in [0.25, 0.3) is 0 Å². The van der Waals surface area contributed by atoms with Crippen LogP contribution in [0.2, 0.25) is 0 Å². The van der Waals surface area contributed by atoms with Gasteiger partial charge in [0, 0.05) is 0 Å². The average molecular weight is 162 g/mol. The molecule has 0 radical (unpaired) electrons. The number of benzene rings is 1. The summed E-state index contributed by atoms with van der Waals surface area (Å²) in [4.78, 5) is 8.00. The Bertz CT molecular complexity index is 153. The van der Waals surface area contributed by atoms with Gasteiger partial charge in [-0.2, -0.15) is 0 Å². The van der Waals surface area contributed by atoms with Gasteiger partial charge in [0.15, 0.2) is 0 Å². The van der Waals surface area contributed by atoms with Gasteiger partial charge < -0.3 is 9.90 Å². The quantitative estimate of drug-likeness (QED) is 0.398. The van der Waals surface area contributed by atoms with Gasteiger partial charge in [0.1, 0.15) is 6.79 Å². The van der Waals surface area contributed by atoms with Crippen molar-refractivity contribution in [3.05, 3.63) is 30.3 Å². The third-order valence-corrected chi connectivity index (χ3v) is 0.743. The van der Waals surface area contributed by atoms with Gasteiger partial charge in [0.2, 0.25) is 0 Å². The van der Waals surface area contributed by atoms with Gasteiger partial charge in [-0.15, -0.1) is 5.75 Å². The molecule has 2 nitrogen and oxygen atoms in total. The maximum atomic E-state index is 10.3. The minimum atomic E-state index is 0. The van der Waals surface area contributed by atoms with Gasteiger partial charge >= 0.3 is 51.4 Å². The number of carbonyl (C=O) groups excluding carboxylic acids is 1. The largest absolute Gasteiger partial charge is 1.00 e. The molecule has 0 saturated carbocycles. The van der Waals surface area contributed by atoms with Crippen LogP contribution in [0.15, 0.2) is 30.3 Å². The van der Waals surface area contributed by atoms with Crippen LogP contribution in [-0.4, -0.2) is 6.79 Å². The summed E-state index contributed by atoms with van der Waals surface area (Å²) in [5.41, 5.74) is 0. The normalized spacial score (nSPS) is 6.40. The van der Waals surface area contributed by atoms with Gasteiger partial charge in [0.25, 0.3) is 0 Å². The molecule has 0 fully saturated rings. The molecule has 0 spiro atoms. The first-order valence-corrected chi connectivity index (χ1v) is 2.40. The smallest absolute Gasteiger partial charge is 0.872 e. The van der Waals surface area contributed by atoms with Crippen molar-refractivity contribution in [2.75, 3.05) is 0 Å². The summed E-state index contributed by atoms with van der Waals surface area (Å²) in [6.07, 6.45) is 0. The van der Waals surface area contributed by atoms with E-state index < -0.39 is 0 Å². The van der Waals surface area contributed by atoms with E-state index in [0.717, 1.165) is 0 Å². The molecule has 0 heterocycles. The average Bonchev–Trinajstić information content (AvgIpc) is 1.94. The Labute approximate surface area is 103 Å². The van der Waals surface area contributed by atoms with Crippen molar-refractivity contribution in [1.29, 1.82) is 0 Å². The second-order valence-corrected chi connectivity index (χ2v) is 1.31. The van der Waals surface area contributed by atoms with E-state index in [2.05, 4.69) is 0 Å². The summed E-state index contributed by atoms with van der Waals surface area (Å²) < 4.78 is 0. The van der Waals surface area contributed by atoms with Gasteiger partial charge in [-0.05, 0) is 0 Å². The Morgan fingerprint density at radius 2 is 1.50 bits per heavy atom. The summed E-state index contributed by atoms with van der Waals surface area (Å²) in [5.74, 6) is 0.0718. The molecular formula is C7H7KO2. The minimum absolute atomic E-state index is 0. The summed E-state index contributed by atoms with van der Waals surface area (Å²) in [5, 5.41) is 10.3. The molecule has 0 aliphatic rings. The van der Waals surface area contributed by atoms with Gasteiger partial charge in [-0.3, -0.25) is 0 Å². The first-order valence-electron chi connectivity index (χ1n) is 2.40. The molecule has 0 amide bonds. The fourth-order valence-electron chi connectivity index (χ4n) is 0.420. The van der Waals surface area contributed by atoms with E-state index in [9.17, 15) is 5.11 Å². The van der Waals surface area contributed by atoms with E-state index in [0.29, 0.717) is 0 Å². The Balaban J connectivity index is 0. The van der Waals surface area contributed by atoms with Crippen LogP contribution < -0.4 is 56.5 Å². The molecule has 10 heavy (non-hydrogen) atoms. The van der Waals surface area contributed by atoms with Crippen molar-refractivity contribution in [2.24, 2.45) is 0 Å². The molecule has 0 saturated heterocycles. The van der Waals surface area contributed by atoms with E-state index in [-0.39, 0.29) is 57.1 Å². The number of carbonyl (C=O) groups is 1. The minimum Gasteiger partial charge on any atom is -0.872 e. The van der Waals surface area contributed by atoms with Crippen LogP contribution in [0.1, 0.15) is 0 Å². The van der Waals surface area contributed by atoms with Crippen LogP contribution >= 0.6 is 0 Å². The van der Waals surface area contributed by atoms with Crippen LogP contribution in [0.4, 0.5) is 0 Å². The number of para-hydroxylation sites is 1. The third kappa shape index (κ3) is 6.45. The van der Waals surface area contributed by atoms with Crippen LogP contribution in [0, 0.1) is 0 Å². The third-order valence-electron chi connectivity index (χ3n) is 0.743. The molecule has 1 rings (SSSR count). The Morgan fingerprint density at radius 3 is 1.70 bits per heavy atom. The Hall–Kier alpha value is 0.326. The van der Waals surface area contributed by atoms with Crippen LogP contribution in [0.3, 0.4) is 0 Å². The maximum absolute atomic E-state index is 10.3. The number of hydrogen-bond acceptors (Lipinski definition) is 2. The van der Waals surface area contributed by atoms with Gasteiger partial charge in [-0.25, -0.2) is 0 Å². The first kappa shape index (κ1) is 13.0. The topological polar surface area (TPSA) is 40.1 Å². The summed E-state index contributed by atoms with van der Waals surface area (Å²) in [6, 6.07) is 8.33. The number of rotatable bonds is 0. The van der Waals surface area contributed by atoms with Crippen LogP contribution in [-0.2, 0) is 4.79 Å². The van der Waals surface area contributed by atoms with Crippen molar-refractivity contribution in [3.8, 4) is 5.75 Å². The summed E-state index contributed by atoms with van der Waals surface area (Å²) in [7, 11) is 0. The molecule has 1 aromatic rings. The zero-order valence-electron chi connectivity index (χ0n) is 5.91. The summed E-state index contributed by atoms with van der Waals surface area (Å²) >= 11 is 0. The zero-order chi connectivity index (χ0) is 7.11. The monoisotopic (exact) mass is 162 g/mol. The van der Waals surface area contributed by atoms with Gasteiger partial charge in [0.05, 0.1) is 0 Å². The molecule has 48 valence electrons. The van der Waals surface area contributed by atoms with Crippen LogP contribution in [0.5, 0.6) is 5.75 Å². The standard InChI is InChI=1S/C6H6O.CH2O.K/c7-6-4-2-1-3-5-6;1-2;/h1-5,7H;1H2;/q;;+1/p-1. The predicted octanol–water partition coefficient (Wildman–Crippen LogP) is -2.42. The molecule has 0 aromatic heterocycles. The molecule has 1 aromatic carbocycles. The molecule has 0 N–H and O–H groups in total. The maximum Gasteiger partial charge on any atom is 1.00 e. The zero-order valence-corrected chi connectivity index (χ0v) is 9.03. The van der Waals surface area contributed by atoms with Crippen molar-refractivity contribution in [2.45, 2.75) is 0 Å². The molecule has 0 bridgehead atoms. The second kappa shape index (κ2) is 9.33. The van der Waals surface area contributed by atoms with E-state index in [1.807, 2.05) is 12.9 Å². The van der Waals surface area contributed by atoms with Crippen molar-refractivity contribution in [1.82, 2.24) is 0 Å². The van der Waals surface area contributed by atoms with Crippen molar-refractivity contribution >= 4 is 6.79 Å². The SMILES string of the molecule is C=O.[K+].[O-]c1ccccc1.